The number of anilines is 2. The predicted molar refractivity (Wildman–Crippen MR) is 108 cm³/mol. The summed E-state index contributed by atoms with van der Waals surface area (Å²) < 4.78 is 5.39. The number of hydrogen-bond acceptors (Lipinski definition) is 8. The fraction of sp³-hybridized carbons (Fsp3) is 0.450. The SMILES string of the molecule is Cc1ccccc1C(=O)N1CCC(C(=O)OCc2nc(N)nc(N(C)C)n2)CC1. The van der Waals surface area contributed by atoms with E-state index in [4.69, 9.17) is 10.5 Å². The van der Waals surface area contributed by atoms with E-state index in [2.05, 4.69) is 15.0 Å². The van der Waals surface area contributed by atoms with Gasteiger partial charge in [0.1, 0.15) is 0 Å². The third kappa shape index (κ3) is 4.98. The fourth-order valence-corrected chi connectivity index (χ4v) is 3.24. The average molecular weight is 398 g/mol. The molecular weight excluding hydrogens is 372 g/mol. The van der Waals surface area contributed by atoms with E-state index >= 15 is 0 Å². The van der Waals surface area contributed by atoms with Crippen LogP contribution in [0.25, 0.3) is 0 Å². The van der Waals surface area contributed by atoms with Gasteiger partial charge in [0, 0.05) is 32.7 Å². The molecular formula is C20H26N6O3. The van der Waals surface area contributed by atoms with Crippen LogP contribution in [0.4, 0.5) is 11.9 Å². The highest BCUT2D eigenvalue weighted by molar-refractivity contribution is 5.95. The number of piperidine rings is 1. The van der Waals surface area contributed by atoms with Gasteiger partial charge in [-0.1, -0.05) is 18.2 Å². The second kappa shape index (κ2) is 8.85. The Balaban J connectivity index is 1.53. The van der Waals surface area contributed by atoms with Crippen LogP contribution in [-0.2, 0) is 16.1 Å². The topological polar surface area (TPSA) is 115 Å². The van der Waals surface area contributed by atoms with Crippen LogP contribution in [0.5, 0.6) is 0 Å². The van der Waals surface area contributed by atoms with Gasteiger partial charge in [-0.25, -0.2) is 0 Å². The van der Waals surface area contributed by atoms with Gasteiger partial charge in [0.2, 0.25) is 11.9 Å². The van der Waals surface area contributed by atoms with Crippen LogP contribution in [-0.4, -0.2) is 58.9 Å². The van der Waals surface area contributed by atoms with Crippen LogP contribution in [0, 0.1) is 12.8 Å². The van der Waals surface area contributed by atoms with Crippen LogP contribution in [0.3, 0.4) is 0 Å². The number of benzene rings is 1. The summed E-state index contributed by atoms with van der Waals surface area (Å²) in [5.74, 6) is 0.250. The lowest BCUT2D eigenvalue weighted by Crippen LogP contribution is -2.40. The number of carbonyl (C=O) groups is 2. The van der Waals surface area contributed by atoms with Crippen molar-refractivity contribution in [3.8, 4) is 0 Å². The lowest BCUT2D eigenvalue weighted by Gasteiger charge is -2.31. The fourth-order valence-electron chi connectivity index (χ4n) is 3.24. The van der Waals surface area contributed by atoms with E-state index in [9.17, 15) is 9.59 Å². The van der Waals surface area contributed by atoms with Crippen molar-refractivity contribution >= 4 is 23.8 Å². The molecule has 1 aliphatic heterocycles. The first-order valence-electron chi connectivity index (χ1n) is 9.54. The van der Waals surface area contributed by atoms with E-state index in [1.165, 1.54) is 0 Å². The molecule has 1 aromatic heterocycles. The molecule has 3 rings (SSSR count). The predicted octanol–water partition coefficient (Wildman–Crippen LogP) is 1.42. The number of rotatable bonds is 5. The third-order valence-electron chi connectivity index (χ3n) is 4.92. The van der Waals surface area contributed by atoms with Crippen molar-refractivity contribution in [3.63, 3.8) is 0 Å². The molecule has 2 aromatic rings. The van der Waals surface area contributed by atoms with Gasteiger partial charge in [-0.05, 0) is 31.4 Å². The zero-order valence-electron chi connectivity index (χ0n) is 17.0. The molecule has 9 heteroatoms. The number of nitrogens with two attached hydrogens (primary N) is 1. The van der Waals surface area contributed by atoms with Gasteiger partial charge in [0.15, 0.2) is 12.4 Å². The maximum atomic E-state index is 12.7. The first-order chi connectivity index (χ1) is 13.8. The first kappa shape index (κ1) is 20.5. The molecule has 1 saturated heterocycles. The van der Waals surface area contributed by atoms with Crippen molar-refractivity contribution < 1.29 is 14.3 Å². The van der Waals surface area contributed by atoms with E-state index in [0.717, 1.165) is 5.56 Å². The van der Waals surface area contributed by atoms with Gasteiger partial charge < -0.3 is 20.3 Å². The molecule has 0 atom stereocenters. The normalized spacial score (nSPS) is 14.5. The quantitative estimate of drug-likeness (QED) is 0.752. The largest absolute Gasteiger partial charge is 0.457 e. The summed E-state index contributed by atoms with van der Waals surface area (Å²) in [5.41, 5.74) is 7.34. The highest BCUT2D eigenvalue weighted by Crippen LogP contribution is 2.22. The summed E-state index contributed by atoms with van der Waals surface area (Å²) in [7, 11) is 3.58. The van der Waals surface area contributed by atoms with E-state index in [-0.39, 0.29) is 30.3 Å². The van der Waals surface area contributed by atoms with Crippen molar-refractivity contribution in [3.05, 3.63) is 41.2 Å². The number of esters is 1. The van der Waals surface area contributed by atoms with Crippen LogP contribution in [0.15, 0.2) is 24.3 Å². The van der Waals surface area contributed by atoms with Gasteiger partial charge in [-0.2, -0.15) is 15.0 Å². The number of aryl methyl sites for hydroxylation is 1. The number of likely N-dealkylation sites (tertiary alicyclic amines) is 1. The van der Waals surface area contributed by atoms with Crippen LogP contribution < -0.4 is 10.6 Å². The maximum Gasteiger partial charge on any atom is 0.309 e. The molecule has 2 heterocycles. The minimum atomic E-state index is -0.307. The Kier molecular flexibility index (Phi) is 6.26. The number of amides is 1. The zero-order valence-corrected chi connectivity index (χ0v) is 17.0. The highest BCUT2D eigenvalue weighted by atomic mass is 16.5. The van der Waals surface area contributed by atoms with Gasteiger partial charge in [-0.3, -0.25) is 9.59 Å². The standard InChI is InChI=1S/C20H26N6O3/c1-13-6-4-5-7-15(13)17(27)26-10-8-14(9-11-26)18(28)29-12-16-22-19(21)24-20(23-16)25(2)3/h4-7,14H,8-12H2,1-3H3,(H2,21,22,23,24). The van der Waals surface area contributed by atoms with E-state index in [1.807, 2.05) is 31.2 Å². The summed E-state index contributed by atoms with van der Waals surface area (Å²) >= 11 is 0. The minimum absolute atomic E-state index is 0.00629. The molecule has 154 valence electrons. The Morgan fingerprint density at radius 2 is 1.86 bits per heavy atom. The molecule has 0 unspecified atom stereocenters. The van der Waals surface area contributed by atoms with Crippen molar-refractivity contribution in [2.24, 2.45) is 5.92 Å². The minimum Gasteiger partial charge on any atom is -0.457 e. The average Bonchev–Trinajstić information content (AvgIpc) is 2.71. The summed E-state index contributed by atoms with van der Waals surface area (Å²) in [5, 5.41) is 0. The monoisotopic (exact) mass is 398 g/mol. The lowest BCUT2D eigenvalue weighted by molar-refractivity contribution is -0.151. The van der Waals surface area contributed by atoms with Crippen molar-refractivity contribution in [1.29, 1.82) is 0 Å². The first-order valence-corrected chi connectivity index (χ1v) is 9.54. The second-order valence-corrected chi connectivity index (χ2v) is 7.29. The number of ether oxygens (including phenoxy) is 1. The molecule has 0 radical (unpaired) electrons. The number of nitrogens with zero attached hydrogens (tertiary/aromatic N) is 5. The molecule has 0 bridgehead atoms. The smallest absolute Gasteiger partial charge is 0.309 e. The molecule has 1 amide bonds. The summed E-state index contributed by atoms with van der Waals surface area (Å²) in [4.78, 5) is 40.9. The van der Waals surface area contributed by atoms with E-state index < -0.39 is 0 Å². The van der Waals surface area contributed by atoms with Crippen molar-refractivity contribution in [2.75, 3.05) is 37.8 Å². The Hall–Kier alpha value is -3.23. The molecule has 0 aliphatic carbocycles. The number of nitrogen functional groups attached to an aromatic ring is 1. The number of aromatic nitrogens is 3. The molecule has 29 heavy (non-hydrogen) atoms. The lowest BCUT2D eigenvalue weighted by atomic mass is 9.96. The third-order valence-corrected chi connectivity index (χ3v) is 4.92. The van der Waals surface area contributed by atoms with Gasteiger partial charge >= 0.3 is 5.97 Å². The Labute approximate surface area is 169 Å². The highest BCUT2D eigenvalue weighted by Gasteiger charge is 2.29. The molecule has 1 aromatic carbocycles. The molecule has 0 spiro atoms. The number of hydrogen-bond donors (Lipinski definition) is 1. The Morgan fingerprint density at radius 1 is 1.17 bits per heavy atom. The number of carbonyl (C=O) groups excluding carboxylic acids is 2. The Bertz CT molecular complexity index is 894. The summed E-state index contributed by atoms with van der Waals surface area (Å²) in [6.45, 7) is 2.91. The molecule has 0 saturated carbocycles. The summed E-state index contributed by atoms with van der Waals surface area (Å²) in [6, 6.07) is 7.53. The second-order valence-electron chi connectivity index (χ2n) is 7.29. The van der Waals surface area contributed by atoms with Gasteiger partial charge in [-0.15, -0.1) is 0 Å². The van der Waals surface area contributed by atoms with Gasteiger partial charge in [0.05, 0.1) is 5.92 Å². The van der Waals surface area contributed by atoms with E-state index in [1.54, 1.807) is 23.9 Å². The Morgan fingerprint density at radius 3 is 2.52 bits per heavy atom. The van der Waals surface area contributed by atoms with E-state index in [0.29, 0.717) is 43.3 Å². The zero-order chi connectivity index (χ0) is 21.0. The molecule has 9 nitrogen and oxygen atoms in total. The van der Waals surface area contributed by atoms with Crippen LogP contribution >= 0.6 is 0 Å². The maximum absolute atomic E-state index is 12.7. The summed E-state index contributed by atoms with van der Waals surface area (Å²) in [6.07, 6.45) is 1.14. The molecule has 1 fully saturated rings. The van der Waals surface area contributed by atoms with Crippen molar-refractivity contribution in [2.45, 2.75) is 26.4 Å². The van der Waals surface area contributed by atoms with Crippen LogP contribution in [0.1, 0.15) is 34.6 Å². The van der Waals surface area contributed by atoms with Crippen molar-refractivity contribution in [1.82, 2.24) is 19.9 Å². The molecule has 2 N–H and O–H groups in total. The van der Waals surface area contributed by atoms with Gasteiger partial charge in [0.25, 0.3) is 5.91 Å². The molecule has 1 aliphatic rings. The van der Waals surface area contributed by atoms with Crippen LogP contribution in [0.2, 0.25) is 0 Å².